The highest BCUT2D eigenvalue weighted by Crippen LogP contribution is 2.28. The van der Waals surface area contributed by atoms with Gasteiger partial charge < -0.3 is 5.11 Å². The Hall–Kier alpha value is -1.12. The number of hydrogen-bond acceptors (Lipinski definition) is 4. The normalized spacial score (nSPS) is 11.8. The van der Waals surface area contributed by atoms with Gasteiger partial charge in [0.05, 0.1) is 23.9 Å². The number of sulfonamides is 1. The van der Waals surface area contributed by atoms with Gasteiger partial charge in [0, 0.05) is 18.3 Å². The molecule has 2 aromatic rings. The van der Waals surface area contributed by atoms with Crippen molar-refractivity contribution >= 4 is 33.2 Å². The number of aliphatic hydroxyl groups excluding tert-OH is 1. The maximum Gasteiger partial charge on any atom is 0.242 e. The van der Waals surface area contributed by atoms with Crippen molar-refractivity contribution in [2.24, 2.45) is 7.05 Å². The number of rotatable bonds is 5. The lowest BCUT2D eigenvalue weighted by Crippen LogP contribution is -2.24. The summed E-state index contributed by atoms with van der Waals surface area (Å²) in [6, 6.07) is 4.25. The molecule has 21 heavy (non-hydrogen) atoms. The van der Waals surface area contributed by atoms with Gasteiger partial charge in [-0.1, -0.05) is 23.2 Å². The second-order valence-corrected chi connectivity index (χ2v) is 6.89. The lowest BCUT2D eigenvalue weighted by Gasteiger charge is -2.10. The van der Waals surface area contributed by atoms with Crippen molar-refractivity contribution in [3.8, 4) is 0 Å². The molecule has 1 aromatic carbocycles. The number of aryl methyl sites for hydroxylation is 1. The molecule has 1 heterocycles. The quantitative estimate of drug-likeness (QED) is 0.860. The van der Waals surface area contributed by atoms with Crippen LogP contribution in [0.15, 0.2) is 29.3 Å². The van der Waals surface area contributed by atoms with E-state index in [1.54, 1.807) is 24.0 Å². The topological polar surface area (TPSA) is 84.2 Å². The van der Waals surface area contributed by atoms with Crippen LogP contribution >= 0.6 is 23.2 Å². The molecule has 0 unspecified atom stereocenters. The maximum absolute atomic E-state index is 12.3. The van der Waals surface area contributed by atoms with Gasteiger partial charge >= 0.3 is 0 Å². The van der Waals surface area contributed by atoms with Crippen molar-refractivity contribution in [1.29, 1.82) is 0 Å². The zero-order chi connectivity index (χ0) is 15.6. The molecule has 0 fully saturated rings. The second kappa shape index (κ2) is 6.33. The van der Waals surface area contributed by atoms with E-state index in [1.165, 1.54) is 12.1 Å². The Kier molecular flexibility index (Phi) is 4.90. The third kappa shape index (κ3) is 3.75. The van der Waals surface area contributed by atoms with Crippen LogP contribution in [0.5, 0.6) is 0 Å². The van der Waals surface area contributed by atoms with Crippen molar-refractivity contribution in [3.05, 3.63) is 45.7 Å². The SMILES string of the molecule is Cn1ccc(CNS(=O)(=O)c2cc(CO)c(Cl)cc2Cl)n1. The van der Waals surface area contributed by atoms with Gasteiger partial charge in [-0.15, -0.1) is 0 Å². The number of benzene rings is 1. The molecule has 9 heteroatoms. The van der Waals surface area contributed by atoms with E-state index in [1.807, 2.05) is 0 Å². The number of aliphatic hydroxyl groups is 1. The molecular formula is C12H13Cl2N3O3S. The summed E-state index contributed by atoms with van der Waals surface area (Å²) < 4.78 is 28.5. The van der Waals surface area contributed by atoms with E-state index in [-0.39, 0.29) is 28.1 Å². The van der Waals surface area contributed by atoms with Crippen LogP contribution in [-0.2, 0) is 30.2 Å². The summed E-state index contributed by atoms with van der Waals surface area (Å²) in [6.07, 6.45) is 1.71. The molecule has 114 valence electrons. The van der Waals surface area contributed by atoms with Gasteiger partial charge in [0.15, 0.2) is 0 Å². The van der Waals surface area contributed by atoms with Crippen molar-refractivity contribution in [3.63, 3.8) is 0 Å². The van der Waals surface area contributed by atoms with Crippen LogP contribution in [-0.4, -0.2) is 23.3 Å². The zero-order valence-corrected chi connectivity index (χ0v) is 13.4. The van der Waals surface area contributed by atoms with E-state index < -0.39 is 10.0 Å². The molecule has 0 saturated heterocycles. The molecule has 2 N–H and O–H groups in total. The van der Waals surface area contributed by atoms with E-state index in [2.05, 4.69) is 9.82 Å². The maximum atomic E-state index is 12.3. The van der Waals surface area contributed by atoms with Crippen LogP contribution in [0.3, 0.4) is 0 Å². The Morgan fingerprint density at radius 2 is 2.05 bits per heavy atom. The lowest BCUT2D eigenvalue weighted by atomic mass is 10.2. The molecule has 6 nitrogen and oxygen atoms in total. The molecule has 0 aliphatic rings. The average Bonchev–Trinajstić information content (AvgIpc) is 2.82. The fourth-order valence-electron chi connectivity index (χ4n) is 1.70. The minimum Gasteiger partial charge on any atom is -0.392 e. The van der Waals surface area contributed by atoms with Crippen LogP contribution in [0.25, 0.3) is 0 Å². The summed E-state index contributed by atoms with van der Waals surface area (Å²) in [4.78, 5) is -0.131. The Morgan fingerprint density at radius 3 is 2.62 bits per heavy atom. The third-order valence-electron chi connectivity index (χ3n) is 2.77. The average molecular weight is 350 g/mol. The molecule has 0 bridgehead atoms. The summed E-state index contributed by atoms with van der Waals surface area (Å²) in [7, 11) is -2.09. The number of hydrogen-bond donors (Lipinski definition) is 2. The third-order valence-corrected chi connectivity index (χ3v) is 4.99. The molecule has 2 rings (SSSR count). The standard InChI is InChI=1S/C12H13Cl2N3O3S/c1-17-3-2-9(16-17)6-15-21(19,20)12-4-8(7-18)10(13)5-11(12)14/h2-5,15,18H,6-7H2,1H3. The molecule has 0 atom stereocenters. The van der Waals surface area contributed by atoms with E-state index in [4.69, 9.17) is 28.3 Å². The molecule has 1 aromatic heterocycles. The fraction of sp³-hybridized carbons (Fsp3) is 0.250. The molecule has 0 amide bonds. The second-order valence-electron chi connectivity index (χ2n) is 4.34. The van der Waals surface area contributed by atoms with Gasteiger partial charge in [-0.3, -0.25) is 4.68 Å². The Balaban J connectivity index is 2.27. The lowest BCUT2D eigenvalue weighted by molar-refractivity contribution is 0.281. The largest absolute Gasteiger partial charge is 0.392 e. The fourth-order valence-corrected chi connectivity index (χ4v) is 3.56. The van der Waals surface area contributed by atoms with Crippen LogP contribution in [0.4, 0.5) is 0 Å². The Morgan fingerprint density at radius 1 is 1.33 bits per heavy atom. The highest BCUT2D eigenvalue weighted by Gasteiger charge is 2.20. The van der Waals surface area contributed by atoms with E-state index in [0.717, 1.165) is 0 Å². The predicted octanol–water partition coefficient (Wildman–Crippen LogP) is 1.70. The first-order valence-electron chi connectivity index (χ1n) is 5.90. The molecule has 0 aliphatic carbocycles. The number of nitrogens with one attached hydrogen (secondary N) is 1. The Bertz CT molecular complexity index is 759. The van der Waals surface area contributed by atoms with Crippen LogP contribution < -0.4 is 4.72 Å². The Labute approximate surface area is 132 Å². The van der Waals surface area contributed by atoms with Gasteiger partial charge in [0.2, 0.25) is 10.0 Å². The molecule has 0 radical (unpaired) electrons. The summed E-state index contributed by atoms with van der Waals surface area (Å²) in [5, 5.41) is 13.4. The smallest absolute Gasteiger partial charge is 0.242 e. The summed E-state index contributed by atoms with van der Waals surface area (Å²) in [5.41, 5.74) is 0.868. The first-order chi connectivity index (χ1) is 9.83. The van der Waals surface area contributed by atoms with Crippen molar-refractivity contribution in [1.82, 2.24) is 14.5 Å². The van der Waals surface area contributed by atoms with Crippen molar-refractivity contribution in [2.75, 3.05) is 0 Å². The van der Waals surface area contributed by atoms with Crippen LogP contribution in [0.1, 0.15) is 11.3 Å². The van der Waals surface area contributed by atoms with Crippen molar-refractivity contribution in [2.45, 2.75) is 18.0 Å². The number of aromatic nitrogens is 2. The minimum absolute atomic E-state index is 0.00859. The summed E-state index contributed by atoms with van der Waals surface area (Å²) >= 11 is 11.8. The van der Waals surface area contributed by atoms with Crippen LogP contribution in [0, 0.1) is 0 Å². The van der Waals surface area contributed by atoms with Gasteiger partial charge in [0.1, 0.15) is 4.90 Å². The van der Waals surface area contributed by atoms with E-state index in [9.17, 15) is 8.42 Å². The van der Waals surface area contributed by atoms with Crippen molar-refractivity contribution < 1.29 is 13.5 Å². The monoisotopic (exact) mass is 349 g/mol. The first kappa shape index (κ1) is 16.3. The van der Waals surface area contributed by atoms with Gasteiger partial charge in [0.25, 0.3) is 0 Å². The highest BCUT2D eigenvalue weighted by atomic mass is 35.5. The molecule has 0 spiro atoms. The van der Waals surface area contributed by atoms with Gasteiger partial charge in [-0.2, -0.15) is 5.10 Å². The first-order valence-corrected chi connectivity index (χ1v) is 8.14. The molecule has 0 saturated carbocycles. The van der Waals surface area contributed by atoms with Crippen LogP contribution in [0.2, 0.25) is 10.0 Å². The molecular weight excluding hydrogens is 337 g/mol. The molecule has 0 aliphatic heterocycles. The number of halogens is 2. The van der Waals surface area contributed by atoms with Gasteiger partial charge in [-0.05, 0) is 23.8 Å². The summed E-state index contributed by atoms with van der Waals surface area (Å²) in [5.74, 6) is 0. The zero-order valence-electron chi connectivity index (χ0n) is 11.0. The van der Waals surface area contributed by atoms with E-state index in [0.29, 0.717) is 11.3 Å². The van der Waals surface area contributed by atoms with Gasteiger partial charge in [-0.25, -0.2) is 13.1 Å². The highest BCUT2D eigenvalue weighted by molar-refractivity contribution is 7.89. The predicted molar refractivity (Wildman–Crippen MR) is 79.6 cm³/mol. The minimum atomic E-state index is -3.83. The number of nitrogens with zero attached hydrogens (tertiary/aromatic N) is 2. The summed E-state index contributed by atoms with van der Waals surface area (Å²) in [6.45, 7) is -0.338. The van der Waals surface area contributed by atoms with E-state index >= 15 is 0 Å².